The Morgan fingerprint density at radius 2 is 2.40 bits per heavy atom. The minimum atomic E-state index is 0.485. The van der Waals surface area contributed by atoms with Gasteiger partial charge in [0.05, 0.1) is 0 Å². The molecule has 0 bridgehead atoms. The van der Waals surface area contributed by atoms with Gasteiger partial charge >= 0.3 is 0 Å². The number of hydrogen-bond acceptors (Lipinski definition) is 2. The predicted molar refractivity (Wildman–Crippen MR) is 67.7 cm³/mol. The molecule has 2 atom stereocenters. The van der Waals surface area contributed by atoms with Gasteiger partial charge in [0.15, 0.2) is 0 Å². The number of hydrogen-bond donors (Lipinski definition) is 1. The zero-order valence-corrected chi connectivity index (χ0v) is 10.8. The summed E-state index contributed by atoms with van der Waals surface area (Å²) >= 11 is 1.93. The van der Waals surface area contributed by atoms with Gasteiger partial charge in [-0.1, -0.05) is 13.8 Å². The number of nitrogens with one attached hydrogen (secondary N) is 1. The van der Waals surface area contributed by atoms with Crippen LogP contribution in [-0.4, -0.2) is 13.1 Å². The van der Waals surface area contributed by atoms with E-state index in [4.69, 9.17) is 0 Å². The molecule has 0 aromatic carbocycles. The summed E-state index contributed by atoms with van der Waals surface area (Å²) in [5, 5.41) is 5.77. The van der Waals surface area contributed by atoms with Crippen LogP contribution in [0.4, 0.5) is 0 Å². The molecule has 2 unspecified atom stereocenters. The van der Waals surface area contributed by atoms with Crippen LogP contribution < -0.4 is 5.32 Å². The van der Waals surface area contributed by atoms with Crippen molar-refractivity contribution in [3.8, 4) is 0 Å². The SMILES string of the molecule is CCCNCC1CC1(C)c1sccc1C. The van der Waals surface area contributed by atoms with E-state index in [1.165, 1.54) is 24.9 Å². The van der Waals surface area contributed by atoms with Gasteiger partial charge in [-0.3, -0.25) is 0 Å². The Balaban J connectivity index is 1.92. The normalized spacial score (nSPS) is 29.4. The summed E-state index contributed by atoms with van der Waals surface area (Å²) in [5.41, 5.74) is 1.97. The Bertz CT molecular complexity index is 331. The van der Waals surface area contributed by atoms with Crippen molar-refractivity contribution in [1.82, 2.24) is 5.32 Å². The topological polar surface area (TPSA) is 12.0 Å². The summed E-state index contributed by atoms with van der Waals surface area (Å²) < 4.78 is 0. The van der Waals surface area contributed by atoms with E-state index in [2.05, 4.69) is 37.5 Å². The number of rotatable bonds is 5. The highest BCUT2D eigenvalue weighted by molar-refractivity contribution is 7.10. The maximum Gasteiger partial charge on any atom is 0.0137 e. The third kappa shape index (κ3) is 2.11. The van der Waals surface area contributed by atoms with E-state index in [9.17, 15) is 0 Å². The second kappa shape index (κ2) is 4.26. The molecule has 0 amide bonds. The largest absolute Gasteiger partial charge is 0.316 e. The fourth-order valence-electron chi connectivity index (χ4n) is 2.44. The van der Waals surface area contributed by atoms with Crippen LogP contribution in [0.25, 0.3) is 0 Å². The van der Waals surface area contributed by atoms with Crippen LogP contribution in [0.15, 0.2) is 11.4 Å². The summed E-state index contributed by atoms with van der Waals surface area (Å²) in [4.78, 5) is 1.62. The zero-order valence-electron chi connectivity index (χ0n) is 9.97. The molecule has 0 radical (unpaired) electrons. The fourth-order valence-corrected chi connectivity index (χ4v) is 3.62. The first-order valence-electron chi connectivity index (χ1n) is 5.93. The van der Waals surface area contributed by atoms with E-state index in [-0.39, 0.29) is 0 Å². The number of thiophene rings is 1. The van der Waals surface area contributed by atoms with Gasteiger partial charge in [-0.25, -0.2) is 0 Å². The molecule has 1 saturated carbocycles. The first-order valence-corrected chi connectivity index (χ1v) is 6.81. The van der Waals surface area contributed by atoms with Gasteiger partial charge < -0.3 is 5.32 Å². The summed E-state index contributed by atoms with van der Waals surface area (Å²) in [6.07, 6.45) is 2.60. The van der Waals surface area contributed by atoms with Crippen LogP contribution in [0, 0.1) is 12.8 Å². The van der Waals surface area contributed by atoms with Crippen molar-refractivity contribution in [2.75, 3.05) is 13.1 Å². The van der Waals surface area contributed by atoms with Crippen LogP contribution in [-0.2, 0) is 5.41 Å². The quantitative estimate of drug-likeness (QED) is 0.755. The van der Waals surface area contributed by atoms with E-state index < -0.39 is 0 Å². The molecule has 0 spiro atoms. The molecule has 2 rings (SSSR count). The van der Waals surface area contributed by atoms with Crippen molar-refractivity contribution in [1.29, 1.82) is 0 Å². The standard InChI is InChI=1S/C13H21NS/c1-4-6-14-9-11-8-13(11,3)12-10(2)5-7-15-12/h5,7,11,14H,4,6,8-9H2,1-3H3. The fraction of sp³-hybridized carbons (Fsp3) is 0.692. The highest BCUT2D eigenvalue weighted by Crippen LogP contribution is 2.55. The minimum Gasteiger partial charge on any atom is -0.316 e. The highest BCUT2D eigenvalue weighted by Gasteiger charge is 2.51. The molecule has 1 aliphatic rings. The van der Waals surface area contributed by atoms with Gasteiger partial charge in [0.1, 0.15) is 0 Å². The van der Waals surface area contributed by atoms with Gasteiger partial charge in [-0.15, -0.1) is 11.3 Å². The lowest BCUT2D eigenvalue weighted by Crippen LogP contribution is -2.20. The minimum absolute atomic E-state index is 0.485. The van der Waals surface area contributed by atoms with E-state index in [0.29, 0.717) is 5.41 Å². The van der Waals surface area contributed by atoms with Crippen LogP contribution in [0.3, 0.4) is 0 Å². The molecule has 0 aliphatic heterocycles. The lowest BCUT2D eigenvalue weighted by atomic mass is 10.0. The zero-order chi connectivity index (χ0) is 10.9. The first kappa shape index (κ1) is 11.2. The Kier molecular flexibility index (Phi) is 3.17. The lowest BCUT2D eigenvalue weighted by Gasteiger charge is -2.11. The summed E-state index contributed by atoms with van der Waals surface area (Å²) in [5.74, 6) is 0.862. The average Bonchev–Trinajstić information content (AvgIpc) is 2.66. The van der Waals surface area contributed by atoms with Crippen molar-refractivity contribution in [2.45, 2.75) is 39.0 Å². The van der Waals surface area contributed by atoms with E-state index >= 15 is 0 Å². The van der Waals surface area contributed by atoms with Crippen LogP contribution >= 0.6 is 11.3 Å². The van der Waals surface area contributed by atoms with Crippen molar-refractivity contribution in [3.63, 3.8) is 0 Å². The molecule has 1 nitrogen and oxygen atoms in total. The van der Waals surface area contributed by atoms with Crippen molar-refractivity contribution in [2.24, 2.45) is 5.92 Å². The van der Waals surface area contributed by atoms with Crippen LogP contribution in [0.2, 0.25) is 0 Å². The molecule has 1 N–H and O–H groups in total. The molecule has 15 heavy (non-hydrogen) atoms. The van der Waals surface area contributed by atoms with Gasteiger partial charge in [0, 0.05) is 10.3 Å². The molecule has 0 saturated heterocycles. The maximum absolute atomic E-state index is 3.54. The molecule has 1 heterocycles. The second-order valence-electron chi connectivity index (χ2n) is 4.96. The lowest BCUT2D eigenvalue weighted by molar-refractivity contribution is 0.578. The molecule has 84 valence electrons. The van der Waals surface area contributed by atoms with Gasteiger partial charge in [-0.05, 0) is 55.8 Å². The monoisotopic (exact) mass is 223 g/mol. The Hall–Kier alpha value is -0.340. The van der Waals surface area contributed by atoms with E-state index in [1.807, 2.05) is 11.3 Å². The third-order valence-electron chi connectivity index (χ3n) is 3.61. The Morgan fingerprint density at radius 3 is 3.00 bits per heavy atom. The maximum atomic E-state index is 3.54. The highest BCUT2D eigenvalue weighted by atomic mass is 32.1. The van der Waals surface area contributed by atoms with E-state index in [1.54, 1.807) is 4.88 Å². The summed E-state index contributed by atoms with van der Waals surface area (Å²) in [7, 11) is 0. The number of aryl methyl sites for hydroxylation is 1. The summed E-state index contributed by atoms with van der Waals surface area (Å²) in [6.45, 7) is 9.25. The first-order chi connectivity index (χ1) is 7.18. The third-order valence-corrected chi connectivity index (χ3v) is 4.91. The van der Waals surface area contributed by atoms with Crippen molar-refractivity contribution in [3.05, 3.63) is 21.9 Å². The summed E-state index contributed by atoms with van der Waals surface area (Å²) in [6, 6.07) is 2.25. The molecule has 2 heteroatoms. The molecular weight excluding hydrogens is 202 g/mol. The van der Waals surface area contributed by atoms with Crippen molar-refractivity contribution >= 4 is 11.3 Å². The smallest absolute Gasteiger partial charge is 0.0137 e. The molecule has 1 aromatic rings. The van der Waals surface area contributed by atoms with Crippen molar-refractivity contribution < 1.29 is 0 Å². The molecule has 1 aliphatic carbocycles. The van der Waals surface area contributed by atoms with Crippen LogP contribution in [0.1, 0.15) is 37.1 Å². The van der Waals surface area contributed by atoms with E-state index in [0.717, 1.165) is 12.5 Å². The Morgan fingerprint density at radius 1 is 1.60 bits per heavy atom. The molecule has 1 fully saturated rings. The Labute approximate surface area is 96.9 Å². The van der Waals surface area contributed by atoms with Gasteiger partial charge in [-0.2, -0.15) is 0 Å². The average molecular weight is 223 g/mol. The van der Waals surface area contributed by atoms with Gasteiger partial charge in [0.25, 0.3) is 0 Å². The molecular formula is C13H21NS. The molecule has 1 aromatic heterocycles. The predicted octanol–water partition coefficient (Wildman–Crippen LogP) is 3.33. The second-order valence-corrected chi connectivity index (χ2v) is 5.87. The van der Waals surface area contributed by atoms with Crippen LogP contribution in [0.5, 0.6) is 0 Å². The van der Waals surface area contributed by atoms with Gasteiger partial charge in [0.2, 0.25) is 0 Å².